The molecule has 196 valence electrons. The maximum absolute atomic E-state index is 13.7. The fourth-order valence-corrected chi connectivity index (χ4v) is 6.55. The molecule has 2 aliphatic heterocycles. The first kappa shape index (κ1) is 25.0. The molecule has 0 radical (unpaired) electrons. The number of imidazole rings is 1. The van der Waals surface area contributed by atoms with Crippen molar-refractivity contribution in [1.29, 1.82) is 0 Å². The van der Waals surface area contributed by atoms with Crippen LogP contribution in [0.5, 0.6) is 0 Å². The van der Waals surface area contributed by atoms with Gasteiger partial charge in [-0.15, -0.1) is 0 Å². The number of thioether (sulfide) groups is 1. The van der Waals surface area contributed by atoms with Gasteiger partial charge in [-0.25, -0.2) is 14.4 Å². The molecule has 4 aromatic rings. The Hall–Kier alpha value is -3.30. The summed E-state index contributed by atoms with van der Waals surface area (Å²) >= 11 is 1.64. The summed E-state index contributed by atoms with van der Waals surface area (Å²) in [5.74, 6) is 1.07. The number of hydrogen-bond acceptors (Lipinski definition) is 6. The summed E-state index contributed by atoms with van der Waals surface area (Å²) in [6.45, 7) is 5.53. The summed E-state index contributed by atoms with van der Waals surface area (Å²) < 4.78 is 17.2. The van der Waals surface area contributed by atoms with Crippen LogP contribution in [0.4, 0.5) is 4.39 Å². The quantitative estimate of drug-likeness (QED) is 0.261. The number of aromatic nitrogens is 4. The molecule has 2 aromatic carbocycles. The van der Waals surface area contributed by atoms with E-state index >= 15 is 0 Å². The number of carbonyl (C=O) groups excluding carboxylic acids is 1. The Kier molecular flexibility index (Phi) is 6.88. The highest BCUT2D eigenvalue weighted by Crippen LogP contribution is 2.26. The van der Waals surface area contributed by atoms with Crippen molar-refractivity contribution >= 4 is 28.6 Å². The molecular weight excluding hydrogens is 501 g/mol. The number of ketones is 1. The van der Waals surface area contributed by atoms with E-state index < -0.39 is 0 Å². The third-order valence-electron chi connectivity index (χ3n) is 7.75. The van der Waals surface area contributed by atoms with Gasteiger partial charge >= 0.3 is 0 Å². The van der Waals surface area contributed by atoms with Gasteiger partial charge in [-0.3, -0.25) is 14.2 Å². The number of nitrogens with zero attached hydrogens (tertiary/aromatic N) is 5. The van der Waals surface area contributed by atoms with Gasteiger partial charge in [0.15, 0.2) is 11.0 Å². The zero-order valence-corrected chi connectivity index (χ0v) is 22.2. The van der Waals surface area contributed by atoms with E-state index in [-0.39, 0.29) is 23.1 Å². The molecule has 6 rings (SSSR count). The van der Waals surface area contributed by atoms with Crippen LogP contribution in [0.15, 0.2) is 58.5 Å². The standard InChI is InChI=1S/C29H30FN5O2S/c1-19-23(28(37)34-16-17-38-29(34)31-19)12-15-33-13-10-21(11-14-33)26(36)27-32-24-4-2-3-5-25(24)35(27)18-20-6-8-22(30)9-7-20/h2-9,21H,10-18H2,1H3. The molecule has 0 saturated carbocycles. The highest BCUT2D eigenvalue weighted by Gasteiger charge is 2.30. The van der Waals surface area contributed by atoms with E-state index in [1.54, 1.807) is 28.5 Å². The van der Waals surface area contributed by atoms with Gasteiger partial charge < -0.3 is 9.47 Å². The van der Waals surface area contributed by atoms with Crippen molar-refractivity contribution in [2.75, 3.05) is 25.4 Å². The van der Waals surface area contributed by atoms with E-state index in [0.29, 0.717) is 18.8 Å². The van der Waals surface area contributed by atoms with Crippen molar-refractivity contribution in [2.24, 2.45) is 5.92 Å². The van der Waals surface area contributed by atoms with Gasteiger partial charge in [0, 0.05) is 42.6 Å². The van der Waals surface area contributed by atoms with Gasteiger partial charge in [0.05, 0.1) is 11.0 Å². The number of hydrogen-bond donors (Lipinski definition) is 0. The number of fused-ring (bicyclic) bond motifs is 2. The molecule has 0 N–H and O–H groups in total. The molecule has 0 unspecified atom stereocenters. The SMILES string of the molecule is Cc1nc2n(c(=O)c1CCN1CCC(C(=O)c3nc4ccccc4n3Cc3ccc(F)cc3)CC1)CCS2. The Morgan fingerprint density at radius 1 is 1.05 bits per heavy atom. The summed E-state index contributed by atoms with van der Waals surface area (Å²) in [5, 5.41) is 0.834. The highest BCUT2D eigenvalue weighted by atomic mass is 32.2. The molecule has 4 heterocycles. The normalized spacial score (nSPS) is 16.3. The van der Waals surface area contributed by atoms with Gasteiger partial charge in [-0.2, -0.15) is 0 Å². The Morgan fingerprint density at radius 3 is 2.61 bits per heavy atom. The molecular formula is C29H30FN5O2S. The van der Waals surface area contributed by atoms with Crippen LogP contribution in [0.1, 0.15) is 40.3 Å². The molecule has 0 atom stereocenters. The van der Waals surface area contributed by atoms with Crippen LogP contribution >= 0.6 is 11.8 Å². The predicted octanol–water partition coefficient (Wildman–Crippen LogP) is 4.33. The largest absolute Gasteiger partial charge is 0.317 e. The number of halogens is 1. The minimum absolute atomic E-state index is 0.0670. The van der Waals surface area contributed by atoms with Gasteiger partial charge in [-0.05, 0) is 69.1 Å². The number of carbonyl (C=O) groups is 1. The second kappa shape index (κ2) is 10.5. The van der Waals surface area contributed by atoms with E-state index in [0.717, 1.165) is 77.8 Å². The van der Waals surface area contributed by atoms with Crippen molar-refractivity contribution in [3.8, 4) is 0 Å². The first-order valence-electron chi connectivity index (χ1n) is 13.2. The van der Waals surface area contributed by atoms with Crippen LogP contribution < -0.4 is 5.56 Å². The second-order valence-corrected chi connectivity index (χ2v) is 11.2. The van der Waals surface area contributed by atoms with Crippen LogP contribution in [0.2, 0.25) is 0 Å². The molecule has 38 heavy (non-hydrogen) atoms. The van der Waals surface area contributed by atoms with Crippen molar-refractivity contribution in [3.63, 3.8) is 0 Å². The zero-order valence-electron chi connectivity index (χ0n) is 21.4. The van der Waals surface area contributed by atoms with Crippen molar-refractivity contribution < 1.29 is 9.18 Å². The summed E-state index contributed by atoms with van der Waals surface area (Å²) in [6.07, 6.45) is 2.19. The van der Waals surface area contributed by atoms with Crippen LogP contribution in [-0.2, 0) is 19.5 Å². The molecule has 7 nitrogen and oxygen atoms in total. The fourth-order valence-electron chi connectivity index (χ4n) is 5.57. The first-order chi connectivity index (χ1) is 18.5. The monoisotopic (exact) mass is 531 g/mol. The Labute approximate surface area is 224 Å². The van der Waals surface area contributed by atoms with E-state index in [2.05, 4.69) is 9.88 Å². The molecule has 0 amide bonds. The van der Waals surface area contributed by atoms with E-state index in [4.69, 9.17) is 4.98 Å². The molecule has 0 aliphatic carbocycles. The van der Waals surface area contributed by atoms with Crippen LogP contribution in [0.25, 0.3) is 11.0 Å². The third kappa shape index (κ3) is 4.80. The number of likely N-dealkylation sites (tertiary alicyclic amines) is 1. The third-order valence-corrected chi connectivity index (χ3v) is 8.70. The maximum atomic E-state index is 13.7. The van der Waals surface area contributed by atoms with Crippen molar-refractivity contribution in [3.05, 3.63) is 87.3 Å². The Bertz CT molecular complexity index is 1550. The molecule has 2 aliphatic rings. The lowest BCUT2D eigenvalue weighted by Gasteiger charge is -2.31. The van der Waals surface area contributed by atoms with E-state index in [9.17, 15) is 14.0 Å². The first-order valence-corrected chi connectivity index (χ1v) is 14.2. The number of Topliss-reactive ketones (excluding diaryl/α,β-unsaturated/α-hetero) is 1. The summed E-state index contributed by atoms with van der Waals surface area (Å²) in [4.78, 5) is 38.3. The van der Waals surface area contributed by atoms with Crippen LogP contribution in [0, 0.1) is 18.7 Å². The smallest absolute Gasteiger partial charge is 0.257 e. The average Bonchev–Trinajstić information content (AvgIpc) is 3.55. The summed E-state index contributed by atoms with van der Waals surface area (Å²) in [7, 11) is 0. The number of rotatable bonds is 7. The minimum Gasteiger partial charge on any atom is -0.317 e. The van der Waals surface area contributed by atoms with Gasteiger partial charge in [0.25, 0.3) is 5.56 Å². The summed E-state index contributed by atoms with van der Waals surface area (Å²) in [5.41, 5.74) is 4.36. The number of piperidine rings is 1. The van der Waals surface area contributed by atoms with E-state index in [1.807, 2.05) is 35.8 Å². The zero-order chi connectivity index (χ0) is 26.2. The summed E-state index contributed by atoms with van der Waals surface area (Å²) in [6, 6.07) is 14.2. The molecule has 2 aromatic heterocycles. The lowest BCUT2D eigenvalue weighted by atomic mass is 9.91. The molecule has 1 fully saturated rings. The molecule has 0 spiro atoms. The minimum atomic E-state index is -0.279. The van der Waals surface area contributed by atoms with Gasteiger partial charge in [0.1, 0.15) is 5.82 Å². The number of aryl methyl sites for hydroxylation is 1. The predicted molar refractivity (Wildman–Crippen MR) is 146 cm³/mol. The molecule has 9 heteroatoms. The van der Waals surface area contributed by atoms with Crippen molar-refractivity contribution in [2.45, 2.75) is 44.4 Å². The van der Waals surface area contributed by atoms with E-state index in [1.165, 1.54) is 12.1 Å². The number of para-hydroxylation sites is 2. The Balaban J connectivity index is 1.14. The topological polar surface area (TPSA) is 73.0 Å². The molecule has 0 bridgehead atoms. The lowest BCUT2D eigenvalue weighted by Crippen LogP contribution is -2.39. The van der Waals surface area contributed by atoms with Gasteiger partial charge in [-0.1, -0.05) is 36.0 Å². The lowest BCUT2D eigenvalue weighted by molar-refractivity contribution is 0.0826. The van der Waals surface area contributed by atoms with Crippen LogP contribution in [0.3, 0.4) is 0 Å². The highest BCUT2D eigenvalue weighted by molar-refractivity contribution is 7.99. The van der Waals surface area contributed by atoms with Crippen LogP contribution in [-0.4, -0.2) is 55.2 Å². The molecule has 1 saturated heterocycles. The average molecular weight is 532 g/mol. The second-order valence-electron chi connectivity index (χ2n) is 10.1. The van der Waals surface area contributed by atoms with Gasteiger partial charge in [0.2, 0.25) is 5.78 Å². The fraction of sp³-hybridized carbons (Fsp3) is 0.379. The number of benzene rings is 2. The Morgan fingerprint density at radius 2 is 1.82 bits per heavy atom. The maximum Gasteiger partial charge on any atom is 0.257 e. The van der Waals surface area contributed by atoms with Crippen molar-refractivity contribution in [1.82, 2.24) is 24.0 Å².